The molecule has 2 rings (SSSR count). The standard InChI is InChI=1S/C27H36N4O7/c1-16(2)31(25(35)20(15-22(28)33)30-26(36)38-27(3,4)5)23(19-9-7-8-10-21(19)32)24(34)29-17-11-13-18(37-6)14-12-17/h7-14,16,20,23,32H,15H2,1-6H3,(H2,28,33)(H,29,34)(H,30,36). The third-order valence-corrected chi connectivity index (χ3v) is 5.32. The van der Waals surface area contributed by atoms with E-state index < -0.39 is 54.0 Å². The average molecular weight is 529 g/mol. The monoisotopic (exact) mass is 528 g/mol. The molecule has 4 amide bonds. The van der Waals surface area contributed by atoms with Crippen LogP contribution in [0.15, 0.2) is 48.5 Å². The van der Waals surface area contributed by atoms with Crippen molar-refractivity contribution in [2.45, 2.75) is 64.8 Å². The molecule has 0 heterocycles. The second-order valence-corrected chi connectivity index (χ2v) is 9.89. The summed E-state index contributed by atoms with van der Waals surface area (Å²) in [5, 5.41) is 15.8. The summed E-state index contributed by atoms with van der Waals surface area (Å²) in [4.78, 5) is 53.0. The van der Waals surface area contributed by atoms with Gasteiger partial charge in [-0.05, 0) is 65.0 Å². The number of alkyl carbamates (subject to hydrolysis) is 1. The smallest absolute Gasteiger partial charge is 0.408 e. The Hall–Kier alpha value is -4.28. The van der Waals surface area contributed by atoms with Crippen molar-refractivity contribution in [1.29, 1.82) is 0 Å². The fraction of sp³-hybridized carbons (Fsp3) is 0.407. The van der Waals surface area contributed by atoms with Gasteiger partial charge in [-0.1, -0.05) is 18.2 Å². The van der Waals surface area contributed by atoms with Crippen molar-refractivity contribution in [1.82, 2.24) is 10.2 Å². The van der Waals surface area contributed by atoms with E-state index >= 15 is 0 Å². The molecule has 2 aromatic rings. The van der Waals surface area contributed by atoms with E-state index in [2.05, 4.69) is 10.6 Å². The van der Waals surface area contributed by atoms with Crippen LogP contribution in [0, 0.1) is 0 Å². The molecule has 206 valence electrons. The van der Waals surface area contributed by atoms with Crippen LogP contribution in [-0.4, -0.2) is 58.6 Å². The molecule has 2 unspecified atom stereocenters. The number of hydrogen-bond acceptors (Lipinski definition) is 7. The molecular formula is C27H36N4O7. The van der Waals surface area contributed by atoms with Crippen LogP contribution < -0.4 is 21.1 Å². The maximum Gasteiger partial charge on any atom is 0.408 e. The van der Waals surface area contributed by atoms with Crippen LogP contribution >= 0.6 is 0 Å². The van der Waals surface area contributed by atoms with E-state index in [1.54, 1.807) is 71.0 Å². The Morgan fingerprint density at radius 1 is 1.03 bits per heavy atom. The first-order valence-corrected chi connectivity index (χ1v) is 12.1. The van der Waals surface area contributed by atoms with E-state index in [9.17, 15) is 24.3 Å². The molecule has 0 aliphatic heterocycles. The molecule has 0 radical (unpaired) electrons. The highest BCUT2D eigenvalue weighted by Crippen LogP contribution is 2.32. The zero-order chi connectivity index (χ0) is 28.6. The first kappa shape index (κ1) is 29.9. The predicted molar refractivity (Wildman–Crippen MR) is 141 cm³/mol. The third kappa shape index (κ3) is 8.39. The van der Waals surface area contributed by atoms with Gasteiger partial charge in [0.25, 0.3) is 5.91 Å². The van der Waals surface area contributed by atoms with Gasteiger partial charge in [0.15, 0.2) is 0 Å². The van der Waals surface area contributed by atoms with Crippen molar-refractivity contribution in [2.75, 3.05) is 12.4 Å². The molecule has 0 saturated heterocycles. The lowest BCUT2D eigenvalue weighted by Gasteiger charge is -2.37. The van der Waals surface area contributed by atoms with Crippen LogP contribution in [0.3, 0.4) is 0 Å². The Morgan fingerprint density at radius 3 is 2.13 bits per heavy atom. The molecule has 2 aromatic carbocycles. The number of aromatic hydroxyl groups is 1. The van der Waals surface area contributed by atoms with Crippen LogP contribution in [0.25, 0.3) is 0 Å². The molecule has 0 aliphatic rings. The van der Waals surface area contributed by atoms with Crippen molar-refractivity contribution in [3.05, 3.63) is 54.1 Å². The SMILES string of the molecule is COc1ccc(NC(=O)C(c2ccccc2O)N(C(=O)C(CC(N)=O)NC(=O)OC(C)(C)C)C(C)C)cc1. The van der Waals surface area contributed by atoms with E-state index in [1.807, 2.05) is 0 Å². The fourth-order valence-electron chi connectivity index (χ4n) is 3.73. The molecule has 0 fully saturated rings. The number of hydrogen-bond donors (Lipinski definition) is 4. The number of amides is 4. The summed E-state index contributed by atoms with van der Waals surface area (Å²) in [5.74, 6) is -1.87. The molecule has 0 aliphatic carbocycles. The lowest BCUT2D eigenvalue weighted by Crippen LogP contribution is -2.55. The number of phenolic OH excluding ortho intramolecular Hbond substituents is 1. The summed E-state index contributed by atoms with van der Waals surface area (Å²) in [5.41, 5.74) is 5.09. The number of rotatable bonds is 10. The van der Waals surface area contributed by atoms with Crippen LogP contribution in [0.5, 0.6) is 11.5 Å². The normalized spacial score (nSPS) is 12.7. The van der Waals surface area contributed by atoms with E-state index in [1.165, 1.54) is 24.1 Å². The number of anilines is 1. The zero-order valence-corrected chi connectivity index (χ0v) is 22.5. The Labute approximate surface area is 222 Å². The molecule has 11 nitrogen and oxygen atoms in total. The van der Waals surface area contributed by atoms with Crippen LogP contribution in [0.2, 0.25) is 0 Å². The maximum atomic E-state index is 13.9. The van der Waals surface area contributed by atoms with Gasteiger partial charge in [-0.15, -0.1) is 0 Å². The largest absolute Gasteiger partial charge is 0.508 e. The minimum absolute atomic E-state index is 0.149. The molecule has 11 heteroatoms. The van der Waals surface area contributed by atoms with Gasteiger partial charge in [0.1, 0.15) is 29.2 Å². The number of nitrogens with zero attached hydrogens (tertiary/aromatic N) is 1. The van der Waals surface area contributed by atoms with Crippen LogP contribution in [-0.2, 0) is 19.1 Å². The Bertz CT molecular complexity index is 1140. The lowest BCUT2D eigenvalue weighted by atomic mass is 9.99. The number of methoxy groups -OCH3 is 1. The number of carbonyl (C=O) groups is 4. The lowest BCUT2D eigenvalue weighted by molar-refractivity contribution is -0.144. The van der Waals surface area contributed by atoms with Crippen molar-refractivity contribution >= 4 is 29.5 Å². The average Bonchev–Trinajstić information content (AvgIpc) is 2.81. The summed E-state index contributed by atoms with van der Waals surface area (Å²) in [7, 11) is 1.52. The number of phenols is 1. The Kier molecular flexibility index (Phi) is 10.1. The van der Waals surface area contributed by atoms with Crippen molar-refractivity contribution in [3.8, 4) is 11.5 Å². The van der Waals surface area contributed by atoms with E-state index in [-0.39, 0.29) is 11.3 Å². The Balaban J connectivity index is 2.52. The fourth-order valence-corrected chi connectivity index (χ4v) is 3.73. The van der Waals surface area contributed by atoms with Crippen LogP contribution in [0.1, 0.15) is 52.6 Å². The minimum atomic E-state index is -1.42. The summed E-state index contributed by atoms with van der Waals surface area (Å²) < 4.78 is 10.4. The third-order valence-electron chi connectivity index (χ3n) is 5.32. The highest BCUT2D eigenvalue weighted by molar-refractivity contribution is 6.00. The van der Waals surface area contributed by atoms with Crippen molar-refractivity contribution in [2.24, 2.45) is 5.73 Å². The highest BCUT2D eigenvalue weighted by atomic mass is 16.6. The first-order chi connectivity index (χ1) is 17.7. The van der Waals surface area contributed by atoms with Crippen molar-refractivity contribution < 1.29 is 33.8 Å². The summed E-state index contributed by atoms with van der Waals surface area (Å²) in [6, 6.07) is 9.31. The van der Waals surface area contributed by atoms with Gasteiger partial charge < -0.3 is 35.8 Å². The maximum absolute atomic E-state index is 13.9. The predicted octanol–water partition coefficient (Wildman–Crippen LogP) is 3.09. The number of carbonyl (C=O) groups excluding carboxylic acids is 4. The summed E-state index contributed by atoms with van der Waals surface area (Å²) in [6.45, 7) is 8.28. The second-order valence-electron chi connectivity index (χ2n) is 9.89. The highest BCUT2D eigenvalue weighted by Gasteiger charge is 2.39. The van der Waals surface area contributed by atoms with Gasteiger partial charge in [-0.2, -0.15) is 0 Å². The van der Waals surface area contributed by atoms with E-state index in [4.69, 9.17) is 15.2 Å². The summed E-state index contributed by atoms with van der Waals surface area (Å²) >= 11 is 0. The van der Waals surface area contributed by atoms with Gasteiger partial charge in [-0.25, -0.2) is 4.79 Å². The number of primary amides is 1. The summed E-state index contributed by atoms with van der Waals surface area (Å²) in [6.07, 6.45) is -1.46. The van der Waals surface area contributed by atoms with Gasteiger partial charge in [0, 0.05) is 17.3 Å². The molecule has 0 saturated carbocycles. The second kappa shape index (κ2) is 12.8. The number of nitrogens with one attached hydrogen (secondary N) is 2. The van der Waals surface area contributed by atoms with Gasteiger partial charge in [0.2, 0.25) is 11.8 Å². The molecular weight excluding hydrogens is 492 g/mol. The van der Waals surface area contributed by atoms with E-state index in [0.29, 0.717) is 11.4 Å². The molecule has 0 bridgehead atoms. The number of ether oxygens (including phenoxy) is 2. The van der Waals surface area contributed by atoms with Crippen molar-refractivity contribution in [3.63, 3.8) is 0 Å². The molecule has 0 spiro atoms. The molecule has 0 aromatic heterocycles. The van der Waals surface area contributed by atoms with Crippen LogP contribution in [0.4, 0.5) is 10.5 Å². The first-order valence-electron chi connectivity index (χ1n) is 12.1. The zero-order valence-electron chi connectivity index (χ0n) is 22.5. The number of benzene rings is 2. The van der Waals surface area contributed by atoms with Gasteiger partial charge in [-0.3, -0.25) is 14.4 Å². The van der Waals surface area contributed by atoms with Gasteiger partial charge >= 0.3 is 6.09 Å². The number of para-hydroxylation sites is 1. The van der Waals surface area contributed by atoms with E-state index in [0.717, 1.165) is 0 Å². The molecule has 2 atom stereocenters. The van der Waals surface area contributed by atoms with Gasteiger partial charge in [0.05, 0.1) is 13.5 Å². The topological polar surface area (TPSA) is 160 Å². The quantitative estimate of drug-likeness (QED) is 0.368. The minimum Gasteiger partial charge on any atom is -0.508 e. The Morgan fingerprint density at radius 2 is 1.63 bits per heavy atom. The molecule has 38 heavy (non-hydrogen) atoms. The number of nitrogens with two attached hydrogens (primary N) is 1. The molecule has 5 N–H and O–H groups in total.